The molecule has 0 saturated carbocycles. The van der Waals surface area contributed by atoms with Crippen LogP contribution in [-0.4, -0.2) is 72.0 Å². The molecule has 1 saturated heterocycles. The molecule has 0 aliphatic carbocycles. The lowest BCUT2D eigenvalue weighted by atomic mass is 9.90. The van der Waals surface area contributed by atoms with Gasteiger partial charge in [-0.1, -0.05) is 72.3 Å². The van der Waals surface area contributed by atoms with Crippen LogP contribution in [0.5, 0.6) is 0 Å². The SMILES string of the molecule is CC(C)N(CC[C@@H]1N[C@H](CCNC(=O)c2ccc(Cl)c(I)c2)CCN(CC(c2ccccc2)c2ccccc2)C1=O)C(C)C. The summed E-state index contributed by atoms with van der Waals surface area (Å²) in [5, 5.41) is 7.44. The summed E-state index contributed by atoms with van der Waals surface area (Å²) in [5.41, 5.74) is 3.02. The first-order chi connectivity index (χ1) is 21.1. The zero-order valence-electron chi connectivity index (χ0n) is 26.3. The normalized spacial score (nSPS) is 17.5. The molecule has 0 bridgehead atoms. The number of nitrogens with one attached hydrogen (secondary N) is 2. The van der Waals surface area contributed by atoms with Crippen molar-refractivity contribution in [1.82, 2.24) is 20.4 Å². The molecule has 2 atom stereocenters. The Balaban J connectivity index is 1.50. The monoisotopic (exact) mass is 728 g/mol. The molecule has 4 rings (SSSR count). The third-order valence-corrected chi connectivity index (χ3v) is 10.1. The van der Waals surface area contributed by atoms with E-state index < -0.39 is 0 Å². The average Bonchev–Trinajstić information content (AvgIpc) is 3.15. The Labute approximate surface area is 282 Å². The number of amides is 2. The average molecular weight is 729 g/mol. The van der Waals surface area contributed by atoms with Crippen LogP contribution in [0.3, 0.4) is 0 Å². The quantitative estimate of drug-likeness (QED) is 0.187. The smallest absolute Gasteiger partial charge is 0.251 e. The first-order valence-electron chi connectivity index (χ1n) is 15.8. The first-order valence-corrected chi connectivity index (χ1v) is 17.2. The molecule has 1 aliphatic heterocycles. The van der Waals surface area contributed by atoms with Gasteiger partial charge < -0.3 is 15.5 Å². The predicted molar refractivity (Wildman–Crippen MR) is 189 cm³/mol. The zero-order valence-corrected chi connectivity index (χ0v) is 29.2. The van der Waals surface area contributed by atoms with Crippen molar-refractivity contribution in [2.45, 2.75) is 77.0 Å². The van der Waals surface area contributed by atoms with E-state index in [1.165, 1.54) is 11.1 Å². The maximum Gasteiger partial charge on any atom is 0.251 e. The van der Waals surface area contributed by atoms with E-state index in [0.717, 1.165) is 29.4 Å². The number of rotatable bonds is 13. The predicted octanol–water partition coefficient (Wildman–Crippen LogP) is 6.96. The fourth-order valence-corrected chi connectivity index (χ4v) is 6.81. The van der Waals surface area contributed by atoms with Crippen molar-refractivity contribution >= 4 is 46.0 Å². The van der Waals surface area contributed by atoms with Crippen molar-refractivity contribution in [3.63, 3.8) is 0 Å². The Morgan fingerprint density at radius 2 is 1.59 bits per heavy atom. The summed E-state index contributed by atoms with van der Waals surface area (Å²) < 4.78 is 0.852. The van der Waals surface area contributed by atoms with Gasteiger partial charge in [-0.05, 0) is 98.9 Å². The second kappa shape index (κ2) is 16.7. The van der Waals surface area contributed by atoms with Gasteiger partial charge in [-0.25, -0.2) is 0 Å². The molecule has 3 aromatic rings. The summed E-state index contributed by atoms with van der Waals surface area (Å²) in [7, 11) is 0. The van der Waals surface area contributed by atoms with Crippen molar-refractivity contribution in [1.29, 1.82) is 0 Å². The van der Waals surface area contributed by atoms with Gasteiger partial charge in [0.05, 0.1) is 11.1 Å². The van der Waals surface area contributed by atoms with E-state index in [1.54, 1.807) is 18.2 Å². The number of hydrogen-bond acceptors (Lipinski definition) is 4. The van der Waals surface area contributed by atoms with E-state index in [-0.39, 0.29) is 29.8 Å². The van der Waals surface area contributed by atoms with Crippen LogP contribution in [-0.2, 0) is 4.79 Å². The lowest BCUT2D eigenvalue weighted by molar-refractivity contribution is -0.133. The molecular weight excluding hydrogens is 683 g/mol. The van der Waals surface area contributed by atoms with E-state index in [0.29, 0.717) is 42.3 Å². The van der Waals surface area contributed by atoms with Gasteiger partial charge in [0.1, 0.15) is 0 Å². The zero-order chi connectivity index (χ0) is 31.6. The summed E-state index contributed by atoms with van der Waals surface area (Å²) in [5.74, 6) is 0.139. The molecule has 2 N–H and O–H groups in total. The minimum atomic E-state index is -0.289. The molecular formula is C36H46ClIN4O2. The van der Waals surface area contributed by atoms with E-state index in [9.17, 15) is 9.59 Å². The Morgan fingerprint density at radius 1 is 0.977 bits per heavy atom. The number of benzene rings is 3. The second-order valence-corrected chi connectivity index (χ2v) is 13.8. The Kier molecular flexibility index (Phi) is 13.1. The molecule has 3 aromatic carbocycles. The van der Waals surface area contributed by atoms with Crippen LogP contribution in [0.2, 0.25) is 5.02 Å². The fourth-order valence-electron chi connectivity index (χ4n) is 6.18. The van der Waals surface area contributed by atoms with Crippen LogP contribution in [0.25, 0.3) is 0 Å². The van der Waals surface area contributed by atoms with E-state index >= 15 is 0 Å². The van der Waals surface area contributed by atoms with Crippen molar-refractivity contribution < 1.29 is 9.59 Å². The van der Waals surface area contributed by atoms with Crippen LogP contribution < -0.4 is 10.6 Å². The molecule has 8 heteroatoms. The van der Waals surface area contributed by atoms with E-state index in [4.69, 9.17) is 11.6 Å². The number of nitrogens with zero attached hydrogens (tertiary/aromatic N) is 2. The number of halogens is 2. The molecule has 6 nitrogen and oxygen atoms in total. The largest absolute Gasteiger partial charge is 0.352 e. The summed E-state index contributed by atoms with van der Waals surface area (Å²) >= 11 is 8.28. The minimum absolute atomic E-state index is 0.0860. The third kappa shape index (κ3) is 9.52. The molecule has 1 fully saturated rings. The third-order valence-electron chi connectivity index (χ3n) is 8.56. The highest BCUT2D eigenvalue weighted by atomic mass is 127. The van der Waals surface area contributed by atoms with E-state index in [2.05, 4.69) is 119 Å². The van der Waals surface area contributed by atoms with Gasteiger partial charge in [0, 0.05) is 59.4 Å². The van der Waals surface area contributed by atoms with Crippen molar-refractivity contribution in [3.05, 3.63) is 104 Å². The van der Waals surface area contributed by atoms with Gasteiger partial charge in [0.25, 0.3) is 5.91 Å². The second-order valence-electron chi connectivity index (χ2n) is 12.3. The molecule has 0 radical (unpaired) electrons. The number of carbonyl (C=O) groups excluding carboxylic acids is 2. The maximum atomic E-state index is 14.2. The Morgan fingerprint density at radius 3 is 2.16 bits per heavy atom. The van der Waals surface area contributed by atoms with E-state index in [1.807, 2.05) is 12.1 Å². The molecule has 1 heterocycles. The molecule has 0 spiro atoms. The van der Waals surface area contributed by atoms with Crippen LogP contribution in [0, 0.1) is 3.57 Å². The van der Waals surface area contributed by atoms with Crippen molar-refractivity contribution in [2.75, 3.05) is 26.2 Å². The summed E-state index contributed by atoms with van der Waals surface area (Å²) in [4.78, 5) is 31.6. The topological polar surface area (TPSA) is 64.7 Å². The number of carbonyl (C=O) groups is 2. The van der Waals surface area contributed by atoms with Crippen molar-refractivity contribution in [2.24, 2.45) is 0 Å². The summed E-state index contributed by atoms with van der Waals surface area (Å²) in [6.45, 7) is 11.5. The van der Waals surface area contributed by atoms with Gasteiger partial charge in [-0.3, -0.25) is 14.5 Å². The first kappa shape index (κ1) is 34.4. The van der Waals surface area contributed by atoms with Gasteiger partial charge in [-0.15, -0.1) is 0 Å². The van der Waals surface area contributed by atoms with Crippen LogP contribution >= 0.6 is 34.2 Å². The highest BCUT2D eigenvalue weighted by Gasteiger charge is 2.33. The molecule has 0 aromatic heterocycles. The van der Waals surface area contributed by atoms with Gasteiger partial charge in [0.15, 0.2) is 0 Å². The Hall–Kier alpha value is -2.46. The highest BCUT2D eigenvalue weighted by molar-refractivity contribution is 14.1. The lowest BCUT2D eigenvalue weighted by Crippen LogP contribution is -2.49. The summed E-state index contributed by atoms with van der Waals surface area (Å²) in [6, 6.07) is 26.9. The molecule has 2 amide bonds. The van der Waals surface area contributed by atoms with Gasteiger partial charge in [-0.2, -0.15) is 0 Å². The standard InChI is InChI=1S/C36H46ClIN4O2/c1-25(2)42(26(3)4)22-19-34-36(44)41(24-31(27-11-7-5-8-12-27)28-13-9-6-10-14-28)21-18-30(40-34)17-20-39-35(43)29-15-16-32(37)33(38)23-29/h5-16,23,25-26,30-31,34,40H,17-22,24H2,1-4H3,(H,39,43)/t30-,34+/m1/s1. The molecule has 0 unspecified atom stereocenters. The van der Waals surface area contributed by atoms with Crippen LogP contribution in [0.15, 0.2) is 78.9 Å². The Bertz CT molecular complexity index is 1310. The van der Waals surface area contributed by atoms with Crippen LogP contribution in [0.1, 0.15) is 74.4 Å². The minimum Gasteiger partial charge on any atom is -0.352 e. The van der Waals surface area contributed by atoms with Gasteiger partial charge >= 0.3 is 0 Å². The lowest BCUT2D eigenvalue weighted by Gasteiger charge is -2.33. The van der Waals surface area contributed by atoms with Gasteiger partial charge in [0.2, 0.25) is 5.91 Å². The van der Waals surface area contributed by atoms with Crippen molar-refractivity contribution in [3.8, 4) is 0 Å². The molecule has 44 heavy (non-hydrogen) atoms. The maximum absolute atomic E-state index is 14.2. The summed E-state index contributed by atoms with van der Waals surface area (Å²) in [6.07, 6.45) is 2.30. The molecule has 236 valence electrons. The fraction of sp³-hybridized carbons (Fsp3) is 0.444. The number of hydrogen-bond donors (Lipinski definition) is 2. The van der Waals surface area contributed by atoms with Crippen LogP contribution in [0.4, 0.5) is 0 Å². The highest BCUT2D eigenvalue weighted by Crippen LogP contribution is 2.27. The molecule has 1 aliphatic rings.